The van der Waals surface area contributed by atoms with Crippen LogP contribution in [0.2, 0.25) is 0 Å². The van der Waals surface area contributed by atoms with Crippen molar-refractivity contribution in [2.24, 2.45) is 0 Å². The number of hydrogen-bond donors (Lipinski definition) is 1. The van der Waals surface area contributed by atoms with Gasteiger partial charge in [0.05, 0.1) is 17.8 Å². The van der Waals surface area contributed by atoms with Crippen molar-refractivity contribution in [3.8, 4) is 0 Å². The van der Waals surface area contributed by atoms with E-state index >= 15 is 0 Å². The number of para-hydroxylation sites is 1. The molecule has 0 radical (unpaired) electrons. The number of hydrogen-bond acceptors (Lipinski definition) is 2. The average Bonchev–Trinajstić information content (AvgIpc) is 2.66. The van der Waals surface area contributed by atoms with Crippen LogP contribution in [0.25, 0.3) is 0 Å². The molecule has 4 nitrogen and oxygen atoms in total. The fourth-order valence-electron chi connectivity index (χ4n) is 2.68. The molecule has 0 unspecified atom stereocenters. The molecular weight excluding hydrogens is 395 g/mol. The van der Waals surface area contributed by atoms with Crippen LogP contribution in [0.15, 0.2) is 42.5 Å². The largest absolute Gasteiger partial charge is 0.418 e. The van der Waals surface area contributed by atoms with Gasteiger partial charge in [0.1, 0.15) is 0 Å². The Morgan fingerprint density at radius 1 is 1.03 bits per heavy atom. The Balaban J connectivity index is 1.97. The number of likely N-dealkylation sites (N-methyl/N-ethyl adjacent to an activating group) is 1. The van der Waals surface area contributed by atoms with Gasteiger partial charge >= 0.3 is 6.18 Å². The molecule has 0 bridgehead atoms. The average molecular weight is 414 g/mol. The summed E-state index contributed by atoms with van der Waals surface area (Å²) in [6.07, 6.45) is -4.56. The normalized spacial score (nSPS) is 11.2. The lowest BCUT2D eigenvalue weighted by Gasteiger charge is -2.21. The van der Waals surface area contributed by atoms with E-state index in [2.05, 4.69) is 5.32 Å². The van der Waals surface area contributed by atoms with Crippen molar-refractivity contribution in [1.82, 2.24) is 4.90 Å². The summed E-state index contributed by atoms with van der Waals surface area (Å²) in [5.41, 5.74) is -0.965. The van der Waals surface area contributed by atoms with Crippen molar-refractivity contribution in [2.75, 3.05) is 18.4 Å². The highest BCUT2D eigenvalue weighted by Gasteiger charge is 2.33. The van der Waals surface area contributed by atoms with Gasteiger partial charge < -0.3 is 10.2 Å². The zero-order valence-corrected chi connectivity index (χ0v) is 15.5. The predicted octanol–water partition coefficient (Wildman–Crippen LogP) is 4.40. The minimum Gasteiger partial charge on any atom is -0.334 e. The van der Waals surface area contributed by atoms with Gasteiger partial charge in [-0.2, -0.15) is 13.2 Å². The number of nitrogens with zero attached hydrogens (tertiary/aromatic N) is 1. The van der Waals surface area contributed by atoms with Crippen LogP contribution in [0.1, 0.15) is 24.5 Å². The summed E-state index contributed by atoms with van der Waals surface area (Å²) in [5, 5.41) is 2.18. The first-order chi connectivity index (χ1) is 13.6. The third-order valence-corrected chi connectivity index (χ3v) is 4.19. The quantitative estimate of drug-likeness (QED) is 0.683. The first-order valence-corrected chi connectivity index (χ1v) is 8.79. The van der Waals surface area contributed by atoms with E-state index in [-0.39, 0.29) is 19.4 Å². The second-order valence-corrected chi connectivity index (χ2v) is 6.25. The minimum absolute atomic E-state index is 0.0642. The highest BCUT2D eigenvalue weighted by Crippen LogP contribution is 2.34. The lowest BCUT2D eigenvalue weighted by molar-refractivity contribution is -0.137. The van der Waals surface area contributed by atoms with Crippen molar-refractivity contribution < 1.29 is 31.5 Å². The molecule has 0 aromatic heterocycles. The van der Waals surface area contributed by atoms with Crippen LogP contribution in [0.4, 0.5) is 27.6 Å². The summed E-state index contributed by atoms with van der Waals surface area (Å²) in [5.74, 6) is -3.22. The van der Waals surface area contributed by atoms with Gasteiger partial charge in [0.15, 0.2) is 11.6 Å². The molecule has 0 heterocycles. The maximum atomic E-state index is 13.2. The molecule has 2 aromatic carbocycles. The summed E-state index contributed by atoms with van der Waals surface area (Å²) in [6, 6.07) is 7.83. The van der Waals surface area contributed by atoms with E-state index in [0.717, 1.165) is 24.3 Å². The smallest absolute Gasteiger partial charge is 0.334 e. The molecule has 0 aliphatic carbocycles. The molecule has 9 heteroatoms. The molecule has 1 N–H and O–H groups in total. The van der Waals surface area contributed by atoms with Gasteiger partial charge in [-0.15, -0.1) is 0 Å². The number of carbonyl (C=O) groups excluding carboxylic acids is 2. The van der Waals surface area contributed by atoms with Gasteiger partial charge in [0.25, 0.3) is 0 Å². The Bertz CT molecular complexity index is 883. The molecule has 0 saturated carbocycles. The van der Waals surface area contributed by atoms with E-state index in [9.17, 15) is 31.5 Å². The maximum Gasteiger partial charge on any atom is 0.418 e. The van der Waals surface area contributed by atoms with Gasteiger partial charge in [-0.3, -0.25) is 9.59 Å². The molecule has 0 fully saturated rings. The number of carbonyl (C=O) groups is 2. The van der Waals surface area contributed by atoms with E-state index in [1.807, 2.05) is 0 Å². The predicted molar refractivity (Wildman–Crippen MR) is 97.0 cm³/mol. The fourth-order valence-corrected chi connectivity index (χ4v) is 2.68. The number of rotatable bonds is 7. The van der Waals surface area contributed by atoms with Crippen LogP contribution in [-0.2, 0) is 22.2 Å². The van der Waals surface area contributed by atoms with Gasteiger partial charge in [-0.05, 0) is 43.2 Å². The number of nitrogens with one attached hydrogen (secondary N) is 1. The summed E-state index contributed by atoms with van der Waals surface area (Å²) >= 11 is 0. The number of benzene rings is 2. The Labute approximate surface area is 164 Å². The van der Waals surface area contributed by atoms with Crippen LogP contribution < -0.4 is 5.32 Å². The maximum absolute atomic E-state index is 13.2. The molecule has 2 amide bonds. The summed E-state index contributed by atoms with van der Waals surface area (Å²) < 4.78 is 65.2. The SMILES string of the molecule is CCN(CC(=O)Nc1ccccc1C(F)(F)F)C(=O)CCc1ccc(F)c(F)c1. The highest BCUT2D eigenvalue weighted by molar-refractivity contribution is 5.95. The molecule has 0 aliphatic heterocycles. The van der Waals surface area contributed by atoms with Crippen LogP contribution in [0.3, 0.4) is 0 Å². The van der Waals surface area contributed by atoms with Gasteiger partial charge in [0.2, 0.25) is 11.8 Å². The highest BCUT2D eigenvalue weighted by atomic mass is 19.4. The van der Waals surface area contributed by atoms with E-state index in [1.54, 1.807) is 6.92 Å². The van der Waals surface area contributed by atoms with Crippen LogP contribution in [0.5, 0.6) is 0 Å². The molecule has 0 atom stereocenters. The number of amides is 2. The Kier molecular flexibility index (Phi) is 7.30. The summed E-state index contributed by atoms with van der Waals surface area (Å²) in [6.45, 7) is 1.34. The standard InChI is InChI=1S/C20H19F5N2O2/c1-2-27(19(29)10-8-13-7-9-15(21)16(22)11-13)12-18(28)26-17-6-4-3-5-14(17)20(23,24)25/h3-7,9,11H,2,8,10,12H2,1H3,(H,26,28). The van der Waals surface area contributed by atoms with E-state index < -0.39 is 47.4 Å². The van der Waals surface area contributed by atoms with Crippen LogP contribution in [-0.4, -0.2) is 29.8 Å². The number of alkyl halides is 3. The van der Waals surface area contributed by atoms with Crippen molar-refractivity contribution >= 4 is 17.5 Å². The fraction of sp³-hybridized carbons (Fsp3) is 0.300. The number of halogens is 5. The topological polar surface area (TPSA) is 49.4 Å². The monoisotopic (exact) mass is 414 g/mol. The van der Waals surface area contributed by atoms with Crippen LogP contribution >= 0.6 is 0 Å². The first kappa shape index (κ1) is 22.3. The molecule has 0 aliphatic rings. The van der Waals surface area contributed by atoms with Gasteiger partial charge in [0, 0.05) is 13.0 Å². The lowest BCUT2D eigenvalue weighted by atomic mass is 10.1. The van der Waals surface area contributed by atoms with Crippen molar-refractivity contribution in [3.05, 3.63) is 65.2 Å². The second-order valence-electron chi connectivity index (χ2n) is 6.25. The summed E-state index contributed by atoms with van der Waals surface area (Å²) in [7, 11) is 0. The summed E-state index contributed by atoms with van der Waals surface area (Å²) in [4.78, 5) is 25.6. The molecule has 29 heavy (non-hydrogen) atoms. The molecule has 2 aromatic rings. The third-order valence-electron chi connectivity index (χ3n) is 4.19. The van der Waals surface area contributed by atoms with Crippen molar-refractivity contribution in [3.63, 3.8) is 0 Å². The third kappa shape index (κ3) is 6.27. The molecule has 0 spiro atoms. The van der Waals surface area contributed by atoms with Crippen LogP contribution in [0, 0.1) is 11.6 Å². The first-order valence-electron chi connectivity index (χ1n) is 8.79. The molecular formula is C20H19F5N2O2. The number of aryl methyl sites for hydroxylation is 1. The Hall–Kier alpha value is -2.97. The second kappa shape index (κ2) is 9.49. The van der Waals surface area contributed by atoms with E-state index in [0.29, 0.717) is 5.56 Å². The zero-order chi connectivity index (χ0) is 21.6. The minimum atomic E-state index is -4.63. The number of anilines is 1. The molecule has 156 valence electrons. The Morgan fingerprint density at radius 2 is 1.72 bits per heavy atom. The van der Waals surface area contributed by atoms with E-state index in [4.69, 9.17) is 0 Å². The van der Waals surface area contributed by atoms with Gasteiger partial charge in [-0.1, -0.05) is 18.2 Å². The van der Waals surface area contributed by atoms with Crippen molar-refractivity contribution in [1.29, 1.82) is 0 Å². The molecule has 2 rings (SSSR count). The zero-order valence-electron chi connectivity index (χ0n) is 15.5. The molecule has 0 saturated heterocycles. The Morgan fingerprint density at radius 3 is 2.34 bits per heavy atom. The van der Waals surface area contributed by atoms with E-state index in [1.165, 1.54) is 23.1 Å². The van der Waals surface area contributed by atoms with Gasteiger partial charge in [-0.25, -0.2) is 8.78 Å². The lowest BCUT2D eigenvalue weighted by Crippen LogP contribution is -2.38. The van der Waals surface area contributed by atoms with Crippen molar-refractivity contribution in [2.45, 2.75) is 25.9 Å².